The van der Waals surface area contributed by atoms with Gasteiger partial charge in [0, 0.05) is 19.2 Å². The molecule has 1 unspecified atom stereocenters. The number of carbonyl (C=O) groups is 1. The number of nitriles is 1. The average molecular weight is 233 g/mol. The van der Waals surface area contributed by atoms with E-state index in [1.54, 1.807) is 18.3 Å². The van der Waals surface area contributed by atoms with Gasteiger partial charge in [-0.3, -0.25) is 4.79 Å². The molecule has 0 saturated heterocycles. The van der Waals surface area contributed by atoms with E-state index in [4.69, 9.17) is 10.4 Å². The molecule has 1 heterocycles. The molecule has 0 fully saturated rings. The number of rotatable bonds is 6. The smallest absolute Gasteiger partial charge is 0.303 e. The molecular weight excluding hydrogens is 218 g/mol. The summed E-state index contributed by atoms with van der Waals surface area (Å²) < 4.78 is 0. The Balaban J connectivity index is 2.60. The van der Waals surface area contributed by atoms with Crippen LogP contribution in [0.4, 0.5) is 5.82 Å². The SMILES string of the molecule is CCC(CNc1ncccc1C#N)CC(=O)O. The van der Waals surface area contributed by atoms with Gasteiger partial charge in [0.25, 0.3) is 0 Å². The Morgan fingerprint density at radius 1 is 1.71 bits per heavy atom. The molecule has 5 nitrogen and oxygen atoms in total. The average Bonchev–Trinajstić information content (AvgIpc) is 2.34. The zero-order chi connectivity index (χ0) is 12.7. The summed E-state index contributed by atoms with van der Waals surface area (Å²) in [5.41, 5.74) is 0.470. The van der Waals surface area contributed by atoms with Gasteiger partial charge >= 0.3 is 5.97 Å². The van der Waals surface area contributed by atoms with Gasteiger partial charge < -0.3 is 10.4 Å². The highest BCUT2D eigenvalue weighted by Crippen LogP contribution is 2.13. The zero-order valence-corrected chi connectivity index (χ0v) is 9.68. The van der Waals surface area contributed by atoms with Gasteiger partial charge in [-0.2, -0.15) is 5.26 Å². The summed E-state index contributed by atoms with van der Waals surface area (Å²) in [5, 5.41) is 20.6. The molecule has 1 aromatic heterocycles. The topological polar surface area (TPSA) is 86.0 Å². The van der Waals surface area contributed by atoms with Crippen molar-refractivity contribution in [3.8, 4) is 6.07 Å². The lowest BCUT2D eigenvalue weighted by Crippen LogP contribution is -2.18. The second-order valence-electron chi connectivity index (χ2n) is 3.76. The quantitative estimate of drug-likeness (QED) is 0.783. The predicted molar refractivity (Wildman–Crippen MR) is 63.5 cm³/mol. The molecule has 0 aliphatic carbocycles. The Kier molecular flexibility index (Phi) is 4.95. The number of anilines is 1. The van der Waals surface area contributed by atoms with Crippen LogP contribution in [0.5, 0.6) is 0 Å². The number of carboxylic acids is 1. The molecule has 0 aliphatic heterocycles. The number of nitrogens with one attached hydrogen (secondary N) is 1. The maximum atomic E-state index is 10.6. The summed E-state index contributed by atoms with van der Waals surface area (Å²) in [7, 11) is 0. The summed E-state index contributed by atoms with van der Waals surface area (Å²) in [6.45, 7) is 2.45. The normalized spacial score (nSPS) is 11.5. The largest absolute Gasteiger partial charge is 0.481 e. The van der Waals surface area contributed by atoms with E-state index in [9.17, 15) is 4.79 Å². The van der Waals surface area contributed by atoms with Gasteiger partial charge in [-0.05, 0) is 18.1 Å². The highest BCUT2D eigenvalue weighted by Gasteiger charge is 2.12. The van der Waals surface area contributed by atoms with Crippen molar-refractivity contribution in [2.24, 2.45) is 5.92 Å². The minimum atomic E-state index is -0.805. The van der Waals surface area contributed by atoms with Gasteiger partial charge in [-0.25, -0.2) is 4.98 Å². The number of hydrogen-bond acceptors (Lipinski definition) is 4. The Labute approximate surface area is 100 Å². The van der Waals surface area contributed by atoms with E-state index >= 15 is 0 Å². The van der Waals surface area contributed by atoms with E-state index < -0.39 is 5.97 Å². The van der Waals surface area contributed by atoms with Crippen molar-refractivity contribution < 1.29 is 9.90 Å². The maximum absolute atomic E-state index is 10.6. The lowest BCUT2D eigenvalue weighted by molar-refractivity contribution is -0.138. The van der Waals surface area contributed by atoms with Crippen molar-refractivity contribution in [1.82, 2.24) is 4.98 Å². The fourth-order valence-corrected chi connectivity index (χ4v) is 1.49. The van der Waals surface area contributed by atoms with Crippen LogP contribution in [0, 0.1) is 17.2 Å². The minimum absolute atomic E-state index is 0.0426. The summed E-state index contributed by atoms with van der Waals surface area (Å²) in [6, 6.07) is 5.40. The van der Waals surface area contributed by atoms with Gasteiger partial charge in [-0.15, -0.1) is 0 Å². The number of hydrogen-bond donors (Lipinski definition) is 2. The molecule has 1 aromatic rings. The molecule has 0 aliphatic rings. The van der Waals surface area contributed by atoms with E-state index in [0.717, 1.165) is 6.42 Å². The van der Waals surface area contributed by atoms with Crippen molar-refractivity contribution in [2.75, 3.05) is 11.9 Å². The molecule has 0 saturated carbocycles. The Bertz CT molecular complexity index is 426. The monoisotopic (exact) mass is 233 g/mol. The van der Waals surface area contributed by atoms with Gasteiger partial charge in [0.15, 0.2) is 0 Å². The Morgan fingerprint density at radius 3 is 3.06 bits per heavy atom. The van der Waals surface area contributed by atoms with Crippen LogP contribution in [-0.4, -0.2) is 22.6 Å². The standard InChI is InChI=1S/C12H15N3O2/c1-2-9(6-11(16)17)8-15-12-10(7-13)4-3-5-14-12/h3-5,9H,2,6,8H2,1H3,(H,14,15)(H,16,17). The first kappa shape index (κ1) is 13.0. The molecule has 1 rings (SSSR count). The van der Waals surface area contributed by atoms with E-state index in [2.05, 4.69) is 10.3 Å². The summed E-state index contributed by atoms with van der Waals surface area (Å²) in [4.78, 5) is 14.7. The molecule has 1 atom stereocenters. The van der Waals surface area contributed by atoms with Gasteiger partial charge in [0.05, 0.1) is 5.56 Å². The second-order valence-corrected chi connectivity index (χ2v) is 3.76. The summed E-state index contributed by atoms with van der Waals surface area (Å²) in [5.74, 6) is -0.250. The van der Waals surface area contributed by atoms with Crippen LogP contribution < -0.4 is 5.32 Å². The van der Waals surface area contributed by atoms with Crippen LogP contribution in [0.25, 0.3) is 0 Å². The van der Waals surface area contributed by atoms with Crippen LogP contribution in [0.1, 0.15) is 25.3 Å². The van der Waals surface area contributed by atoms with Crippen molar-refractivity contribution in [2.45, 2.75) is 19.8 Å². The molecule has 2 N–H and O–H groups in total. The number of nitrogens with zero attached hydrogens (tertiary/aromatic N) is 2. The van der Waals surface area contributed by atoms with Crippen LogP contribution >= 0.6 is 0 Å². The van der Waals surface area contributed by atoms with Crippen molar-refractivity contribution in [3.05, 3.63) is 23.9 Å². The number of carboxylic acid groups (broad SMARTS) is 1. The molecular formula is C12H15N3O2. The van der Waals surface area contributed by atoms with E-state index in [0.29, 0.717) is 17.9 Å². The van der Waals surface area contributed by atoms with Crippen LogP contribution in [0.15, 0.2) is 18.3 Å². The molecule has 90 valence electrons. The van der Waals surface area contributed by atoms with Crippen LogP contribution in [-0.2, 0) is 4.79 Å². The minimum Gasteiger partial charge on any atom is -0.481 e. The molecule has 0 bridgehead atoms. The summed E-state index contributed by atoms with van der Waals surface area (Å²) >= 11 is 0. The van der Waals surface area contributed by atoms with Gasteiger partial charge in [0.1, 0.15) is 11.9 Å². The molecule has 17 heavy (non-hydrogen) atoms. The number of pyridine rings is 1. The lowest BCUT2D eigenvalue weighted by atomic mass is 10.0. The van der Waals surface area contributed by atoms with Gasteiger partial charge in [0.2, 0.25) is 0 Å². The highest BCUT2D eigenvalue weighted by molar-refractivity contribution is 5.67. The molecule has 5 heteroatoms. The molecule has 0 amide bonds. The van der Waals surface area contributed by atoms with Gasteiger partial charge in [-0.1, -0.05) is 13.3 Å². The third kappa shape index (κ3) is 4.11. The highest BCUT2D eigenvalue weighted by atomic mass is 16.4. The number of aromatic nitrogens is 1. The van der Waals surface area contributed by atoms with Crippen molar-refractivity contribution in [1.29, 1.82) is 5.26 Å². The zero-order valence-electron chi connectivity index (χ0n) is 9.68. The Morgan fingerprint density at radius 2 is 2.47 bits per heavy atom. The lowest BCUT2D eigenvalue weighted by Gasteiger charge is -2.14. The fourth-order valence-electron chi connectivity index (χ4n) is 1.49. The number of aliphatic carboxylic acids is 1. The summed E-state index contributed by atoms with van der Waals surface area (Å²) in [6.07, 6.45) is 2.49. The van der Waals surface area contributed by atoms with Crippen molar-refractivity contribution >= 4 is 11.8 Å². The first-order valence-electron chi connectivity index (χ1n) is 5.48. The van der Waals surface area contributed by atoms with Crippen molar-refractivity contribution in [3.63, 3.8) is 0 Å². The molecule has 0 aromatic carbocycles. The van der Waals surface area contributed by atoms with E-state index in [1.165, 1.54) is 0 Å². The van der Waals surface area contributed by atoms with E-state index in [1.807, 2.05) is 13.0 Å². The second kappa shape index (κ2) is 6.48. The fraction of sp³-hybridized carbons (Fsp3) is 0.417. The molecule has 0 spiro atoms. The van der Waals surface area contributed by atoms with Crippen LogP contribution in [0.3, 0.4) is 0 Å². The third-order valence-corrected chi connectivity index (χ3v) is 2.53. The third-order valence-electron chi connectivity index (χ3n) is 2.53. The predicted octanol–water partition coefficient (Wildman–Crippen LogP) is 1.87. The first-order valence-corrected chi connectivity index (χ1v) is 5.48. The van der Waals surface area contributed by atoms with Crippen LogP contribution in [0.2, 0.25) is 0 Å². The first-order chi connectivity index (χ1) is 8.17. The Hall–Kier alpha value is -2.09. The molecule has 0 radical (unpaired) electrons. The maximum Gasteiger partial charge on any atom is 0.303 e. The van der Waals surface area contributed by atoms with E-state index in [-0.39, 0.29) is 12.3 Å².